The normalized spacial score (nSPS) is 11.1. The van der Waals surface area contributed by atoms with Crippen LogP contribution in [0.3, 0.4) is 0 Å². The molecule has 122 valence electrons. The van der Waals surface area contributed by atoms with Crippen LogP contribution in [-0.4, -0.2) is 18.5 Å². The average molecular weight is 386 g/mol. The summed E-state index contributed by atoms with van der Waals surface area (Å²) in [4.78, 5) is 0. The molecule has 24 heavy (non-hydrogen) atoms. The molecule has 0 aliphatic carbocycles. The van der Waals surface area contributed by atoms with Crippen LogP contribution in [0.2, 0.25) is 0 Å². The molecule has 0 spiro atoms. The van der Waals surface area contributed by atoms with Crippen LogP contribution >= 0.6 is 15.9 Å². The van der Waals surface area contributed by atoms with Gasteiger partial charge in [-0.15, -0.1) is 0 Å². The summed E-state index contributed by atoms with van der Waals surface area (Å²) in [7, 11) is 1.58. The van der Waals surface area contributed by atoms with E-state index in [1.54, 1.807) is 19.2 Å². The minimum Gasteiger partial charge on any atom is -0.493 e. The second-order valence-corrected chi connectivity index (χ2v) is 6.06. The van der Waals surface area contributed by atoms with Gasteiger partial charge in [-0.1, -0.05) is 47.6 Å². The van der Waals surface area contributed by atoms with Crippen molar-refractivity contribution in [3.05, 3.63) is 70.2 Å². The van der Waals surface area contributed by atoms with Gasteiger partial charge in [-0.25, -0.2) is 0 Å². The summed E-state index contributed by atoms with van der Waals surface area (Å²) < 4.78 is 12.1. The Bertz CT molecular complexity index is 888. The van der Waals surface area contributed by atoms with Gasteiger partial charge in [0.2, 0.25) is 0 Å². The maximum Gasteiger partial charge on any atom is 0.175 e. The number of oxime groups is 1. The first-order valence-electron chi connectivity index (χ1n) is 7.37. The fraction of sp³-hybridized carbons (Fsp3) is 0.105. The fourth-order valence-electron chi connectivity index (χ4n) is 2.59. The van der Waals surface area contributed by atoms with Crippen molar-refractivity contribution in [3.8, 4) is 11.5 Å². The molecule has 0 aromatic heterocycles. The van der Waals surface area contributed by atoms with E-state index in [-0.39, 0.29) is 0 Å². The van der Waals surface area contributed by atoms with E-state index in [2.05, 4.69) is 45.4 Å². The van der Waals surface area contributed by atoms with Gasteiger partial charge in [-0.3, -0.25) is 0 Å². The summed E-state index contributed by atoms with van der Waals surface area (Å²) in [5.74, 6) is 1.18. The molecule has 0 fully saturated rings. The number of fused-ring (bicyclic) bond motifs is 1. The van der Waals surface area contributed by atoms with E-state index in [1.807, 2.05) is 18.2 Å². The standard InChI is InChI=1S/C19H16BrNO3/c1-23-18-10-13(11-21-22)9-17(20)19(18)24-12-15-7-4-6-14-5-2-3-8-16(14)15/h2-11,22H,12H2,1H3. The number of halogens is 1. The number of methoxy groups -OCH3 is 1. The van der Waals surface area contributed by atoms with Gasteiger partial charge < -0.3 is 14.7 Å². The predicted molar refractivity (Wildman–Crippen MR) is 98.4 cm³/mol. The Hall–Kier alpha value is -2.53. The van der Waals surface area contributed by atoms with Crippen molar-refractivity contribution in [1.82, 2.24) is 0 Å². The summed E-state index contributed by atoms with van der Waals surface area (Å²) in [6.07, 6.45) is 1.34. The molecule has 0 bridgehead atoms. The number of rotatable bonds is 5. The number of benzene rings is 3. The van der Waals surface area contributed by atoms with E-state index in [4.69, 9.17) is 14.7 Å². The summed E-state index contributed by atoms with van der Waals surface area (Å²) in [5, 5.41) is 14.1. The van der Waals surface area contributed by atoms with Crippen molar-refractivity contribution in [2.24, 2.45) is 5.16 Å². The fourth-order valence-corrected chi connectivity index (χ4v) is 3.16. The van der Waals surface area contributed by atoms with Crippen molar-refractivity contribution in [3.63, 3.8) is 0 Å². The zero-order valence-corrected chi connectivity index (χ0v) is 14.7. The first-order chi connectivity index (χ1) is 11.7. The van der Waals surface area contributed by atoms with Crippen molar-refractivity contribution in [2.45, 2.75) is 6.61 Å². The second kappa shape index (κ2) is 7.36. The van der Waals surface area contributed by atoms with Crippen LogP contribution in [0.4, 0.5) is 0 Å². The van der Waals surface area contributed by atoms with Crippen LogP contribution in [-0.2, 0) is 6.61 Å². The van der Waals surface area contributed by atoms with Gasteiger partial charge >= 0.3 is 0 Å². The third-order valence-corrected chi connectivity index (χ3v) is 4.30. The number of hydrogen-bond acceptors (Lipinski definition) is 4. The SMILES string of the molecule is COc1cc(C=NO)cc(Br)c1OCc1cccc2ccccc12. The maximum absolute atomic E-state index is 8.68. The first kappa shape index (κ1) is 16.3. The lowest BCUT2D eigenvalue weighted by atomic mass is 10.1. The molecule has 3 rings (SSSR count). The predicted octanol–water partition coefficient (Wildman–Crippen LogP) is 5.00. The topological polar surface area (TPSA) is 51.0 Å². The highest BCUT2D eigenvalue weighted by molar-refractivity contribution is 9.10. The third kappa shape index (κ3) is 3.36. The Kier molecular flexibility index (Phi) is 5.01. The molecule has 0 saturated carbocycles. The molecule has 3 aromatic rings. The van der Waals surface area contributed by atoms with Crippen LogP contribution in [0.15, 0.2) is 64.2 Å². The molecular formula is C19H16BrNO3. The third-order valence-electron chi connectivity index (χ3n) is 3.71. The molecule has 4 nitrogen and oxygen atoms in total. The van der Waals surface area contributed by atoms with E-state index < -0.39 is 0 Å². The van der Waals surface area contributed by atoms with Gasteiger partial charge in [0.1, 0.15) is 6.61 Å². The molecule has 5 heteroatoms. The Morgan fingerprint density at radius 3 is 2.71 bits per heavy atom. The first-order valence-corrected chi connectivity index (χ1v) is 8.16. The minimum atomic E-state index is 0.420. The van der Waals surface area contributed by atoms with Crippen molar-refractivity contribution >= 4 is 32.9 Å². The van der Waals surface area contributed by atoms with Gasteiger partial charge in [-0.05, 0) is 44.4 Å². The molecule has 0 aliphatic rings. The monoisotopic (exact) mass is 385 g/mol. The lowest BCUT2D eigenvalue weighted by Gasteiger charge is -2.14. The second-order valence-electron chi connectivity index (χ2n) is 5.21. The summed E-state index contributed by atoms with van der Waals surface area (Å²) in [6, 6.07) is 17.9. The Morgan fingerprint density at radius 1 is 1.12 bits per heavy atom. The Balaban J connectivity index is 1.91. The minimum absolute atomic E-state index is 0.420. The molecule has 0 aliphatic heterocycles. The van der Waals surface area contributed by atoms with E-state index in [1.165, 1.54) is 17.0 Å². The van der Waals surface area contributed by atoms with Crippen molar-refractivity contribution < 1.29 is 14.7 Å². The largest absolute Gasteiger partial charge is 0.493 e. The number of ether oxygens (including phenoxy) is 2. The van der Waals surface area contributed by atoms with Crippen molar-refractivity contribution in [1.29, 1.82) is 0 Å². The van der Waals surface area contributed by atoms with Crippen molar-refractivity contribution in [2.75, 3.05) is 7.11 Å². The molecule has 0 radical (unpaired) electrons. The van der Waals surface area contributed by atoms with E-state index in [0.29, 0.717) is 23.7 Å². The molecule has 0 heterocycles. The molecule has 0 amide bonds. The molecule has 0 saturated heterocycles. The van der Waals surface area contributed by atoms with Crippen LogP contribution in [0.1, 0.15) is 11.1 Å². The highest BCUT2D eigenvalue weighted by atomic mass is 79.9. The van der Waals surface area contributed by atoms with Crippen LogP contribution in [0.5, 0.6) is 11.5 Å². The molecule has 1 N–H and O–H groups in total. The Labute approximate surface area is 148 Å². The zero-order chi connectivity index (χ0) is 16.9. The summed E-state index contributed by atoms with van der Waals surface area (Å²) in [5.41, 5.74) is 1.81. The van der Waals surface area contributed by atoms with Crippen LogP contribution < -0.4 is 9.47 Å². The van der Waals surface area contributed by atoms with Gasteiger partial charge in [0.15, 0.2) is 11.5 Å². The summed E-state index contributed by atoms with van der Waals surface area (Å²) in [6.45, 7) is 0.420. The van der Waals surface area contributed by atoms with E-state index in [9.17, 15) is 0 Å². The lowest BCUT2D eigenvalue weighted by Crippen LogP contribution is -2.00. The Morgan fingerprint density at radius 2 is 1.92 bits per heavy atom. The van der Waals surface area contributed by atoms with Gasteiger partial charge in [0.25, 0.3) is 0 Å². The van der Waals surface area contributed by atoms with Crippen LogP contribution in [0, 0.1) is 0 Å². The molecule has 3 aromatic carbocycles. The van der Waals surface area contributed by atoms with E-state index in [0.717, 1.165) is 10.0 Å². The highest BCUT2D eigenvalue weighted by Crippen LogP contribution is 2.37. The lowest BCUT2D eigenvalue weighted by molar-refractivity contribution is 0.283. The molecule has 0 atom stereocenters. The highest BCUT2D eigenvalue weighted by Gasteiger charge is 2.12. The molecule has 0 unspecified atom stereocenters. The zero-order valence-electron chi connectivity index (χ0n) is 13.1. The maximum atomic E-state index is 8.68. The van der Waals surface area contributed by atoms with E-state index >= 15 is 0 Å². The number of hydrogen-bond donors (Lipinski definition) is 1. The quantitative estimate of drug-likeness (QED) is 0.382. The molecular weight excluding hydrogens is 370 g/mol. The van der Waals surface area contributed by atoms with Crippen LogP contribution in [0.25, 0.3) is 10.8 Å². The number of nitrogens with zero attached hydrogens (tertiary/aromatic N) is 1. The van der Waals surface area contributed by atoms with Gasteiger partial charge in [0, 0.05) is 5.56 Å². The summed E-state index contributed by atoms with van der Waals surface area (Å²) >= 11 is 3.48. The smallest absolute Gasteiger partial charge is 0.175 e. The van der Waals surface area contributed by atoms with Gasteiger partial charge in [-0.2, -0.15) is 0 Å². The van der Waals surface area contributed by atoms with Gasteiger partial charge in [0.05, 0.1) is 17.8 Å². The average Bonchev–Trinajstić information content (AvgIpc) is 2.60.